The van der Waals surface area contributed by atoms with Crippen LogP contribution in [-0.2, 0) is 0 Å². The second kappa shape index (κ2) is 3.43. The summed E-state index contributed by atoms with van der Waals surface area (Å²) in [6.45, 7) is 7.45. The van der Waals surface area contributed by atoms with Gasteiger partial charge in [-0.15, -0.1) is 6.58 Å². The van der Waals surface area contributed by atoms with Crippen LogP contribution in [0.25, 0.3) is 0 Å². The Morgan fingerprint density at radius 2 is 2.00 bits per heavy atom. The summed E-state index contributed by atoms with van der Waals surface area (Å²) < 4.78 is 0. The van der Waals surface area contributed by atoms with Crippen molar-refractivity contribution in [1.82, 2.24) is 0 Å². The van der Waals surface area contributed by atoms with E-state index in [9.17, 15) is 10.2 Å². The Balaban J connectivity index is 2.78. The second-order valence-electron chi connectivity index (χ2n) is 4.62. The lowest BCUT2D eigenvalue weighted by Crippen LogP contribution is -2.47. The molecule has 2 atom stereocenters. The Labute approximate surface area is 80.3 Å². The Bertz CT molecular complexity index is 194. The first-order valence-corrected chi connectivity index (χ1v) is 4.92. The van der Waals surface area contributed by atoms with Crippen molar-refractivity contribution in [3.8, 4) is 0 Å². The van der Waals surface area contributed by atoms with Crippen LogP contribution in [0, 0.1) is 11.3 Å². The van der Waals surface area contributed by atoms with Crippen molar-refractivity contribution in [1.29, 1.82) is 0 Å². The molecule has 0 aliphatic heterocycles. The zero-order chi connectivity index (χ0) is 10.1. The third-order valence-electron chi connectivity index (χ3n) is 3.58. The van der Waals surface area contributed by atoms with Crippen molar-refractivity contribution in [2.24, 2.45) is 11.3 Å². The molecule has 0 amide bonds. The van der Waals surface area contributed by atoms with Crippen LogP contribution >= 0.6 is 0 Å². The van der Waals surface area contributed by atoms with Gasteiger partial charge in [-0.2, -0.15) is 0 Å². The molecule has 0 aromatic rings. The van der Waals surface area contributed by atoms with E-state index in [4.69, 9.17) is 0 Å². The molecule has 0 spiro atoms. The minimum Gasteiger partial charge on any atom is -0.396 e. The molecular weight excluding hydrogens is 164 g/mol. The Hall–Kier alpha value is -0.340. The summed E-state index contributed by atoms with van der Waals surface area (Å²) in [6.07, 6.45) is 4.52. The minimum atomic E-state index is -0.829. The normalized spacial score (nSPS) is 26.2. The van der Waals surface area contributed by atoms with Crippen LogP contribution in [0.5, 0.6) is 0 Å². The molecule has 2 heteroatoms. The van der Waals surface area contributed by atoms with E-state index in [1.54, 1.807) is 13.0 Å². The highest BCUT2D eigenvalue weighted by atomic mass is 16.3. The van der Waals surface area contributed by atoms with E-state index in [1.807, 2.05) is 6.92 Å². The van der Waals surface area contributed by atoms with Gasteiger partial charge in [0.25, 0.3) is 0 Å². The maximum absolute atomic E-state index is 10.2. The summed E-state index contributed by atoms with van der Waals surface area (Å²) in [4.78, 5) is 0. The summed E-state index contributed by atoms with van der Waals surface area (Å²) in [7, 11) is 0. The van der Waals surface area contributed by atoms with Gasteiger partial charge in [0, 0.05) is 5.41 Å². The quantitative estimate of drug-likeness (QED) is 0.639. The van der Waals surface area contributed by atoms with E-state index in [1.165, 1.54) is 0 Å². The van der Waals surface area contributed by atoms with Crippen molar-refractivity contribution in [3.63, 3.8) is 0 Å². The summed E-state index contributed by atoms with van der Waals surface area (Å²) in [5, 5.41) is 19.6. The number of rotatable bonds is 5. The first kappa shape index (κ1) is 10.7. The Kier molecular flexibility index (Phi) is 2.83. The predicted molar refractivity (Wildman–Crippen MR) is 53.4 cm³/mol. The lowest BCUT2D eigenvalue weighted by Gasteiger charge is -2.41. The van der Waals surface area contributed by atoms with E-state index >= 15 is 0 Å². The van der Waals surface area contributed by atoms with Crippen molar-refractivity contribution < 1.29 is 10.2 Å². The zero-order valence-corrected chi connectivity index (χ0v) is 8.58. The van der Waals surface area contributed by atoms with E-state index < -0.39 is 5.60 Å². The molecule has 76 valence electrons. The van der Waals surface area contributed by atoms with E-state index in [-0.39, 0.29) is 12.0 Å². The lowest BCUT2D eigenvalue weighted by molar-refractivity contribution is -0.0974. The summed E-state index contributed by atoms with van der Waals surface area (Å²) >= 11 is 0. The molecule has 0 heterocycles. The van der Waals surface area contributed by atoms with Crippen LogP contribution in [0.3, 0.4) is 0 Å². The highest BCUT2D eigenvalue weighted by Crippen LogP contribution is 2.52. The summed E-state index contributed by atoms with van der Waals surface area (Å²) in [5.41, 5.74) is -1.19. The smallest absolute Gasteiger partial charge is 0.0731 e. The Morgan fingerprint density at radius 3 is 2.31 bits per heavy atom. The van der Waals surface area contributed by atoms with Crippen LogP contribution in [0.4, 0.5) is 0 Å². The van der Waals surface area contributed by atoms with Gasteiger partial charge in [0.1, 0.15) is 0 Å². The highest BCUT2D eigenvalue weighted by molar-refractivity contribution is 5.04. The number of hydrogen-bond acceptors (Lipinski definition) is 2. The van der Waals surface area contributed by atoms with Crippen molar-refractivity contribution in [2.75, 3.05) is 6.61 Å². The number of aliphatic hydroxyl groups excluding tert-OH is 1. The van der Waals surface area contributed by atoms with E-state index in [0.29, 0.717) is 12.3 Å². The molecule has 2 N–H and O–H groups in total. The average Bonchev–Trinajstić information content (AvgIpc) is 2.85. The predicted octanol–water partition coefficient (Wildman–Crippen LogP) is 1.72. The topological polar surface area (TPSA) is 40.5 Å². The van der Waals surface area contributed by atoms with Crippen LogP contribution in [0.15, 0.2) is 12.7 Å². The summed E-state index contributed by atoms with van der Waals surface area (Å²) in [6, 6.07) is 0. The second-order valence-corrected chi connectivity index (χ2v) is 4.62. The molecule has 1 aliphatic rings. The van der Waals surface area contributed by atoms with Crippen molar-refractivity contribution in [2.45, 2.75) is 38.7 Å². The minimum absolute atomic E-state index is 0.0541. The monoisotopic (exact) mass is 184 g/mol. The fraction of sp³-hybridized carbons (Fsp3) is 0.818. The van der Waals surface area contributed by atoms with Gasteiger partial charge in [0.2, 0.25) is 0 Å². The van der Waals surface area contributed by atoms with Gasteiger partial charge in [-0.25, -0.2) is 0 Å². The molecule has 1 fully saturated rings. The highest BCUT2D eigenvalue weighted by Gasteiger charge is 2.51. The fourth-order valence-electron chi connectivity index (χ4n) is 1.97. The largest absolute Gasteiger partial charge is 0.396 e. The maximum atomic E-state index is 10.2. The molecule has 13 heavy (non-hydrogen) atoms. The van der Waals surface area contributed by atoms with Crippen LogP contribution in [0.1, 0.15) is 33.1 Å². The van der Waals surface area contributed by atoms with E-state index in [0.717, 1.165) is 12.8 Å². The first-order chi connectivity index (χ1) is 5.98. The molecule has 0 saturated heterocycles. The standard InChI is InChI=1S/C11H20O2/c1-4-7-11(3,13)10(2,8-12)9-5-6-9/h4,9,12-13H,1,5-8H2,2-3H3/t10-,11-/m1/s1. The van der Waals surface area contributed by atoms with E-state index in [2.05, 4.69) is 6.58 Å². The molecular formula is C11H20O2. The third kappa shape index (κ3) is 1.79. The van der Waals surface area contributed by atoms with Crippen LogP contribution in [-0.4, -0.2) is 22.4 Å². The zero-order valence-electron chi connectivity index (χ0n) is 8.58. The van der Waals surface area contributed by atoms with Gasteiger partial charge in [-0.3, -0.25) is 0 Å². The molecule has 2 nitrogen and oxygen atoms in total. The SMILES string of the molecule is C=CC[C@@](C)(O)[C@](C)(CO)C1CC1. The fourth-order valence-corrected chi connectivity index (χ4v) is 1.97. The van der Waals surface area contributed by atoms with Crippen LogP contribution < -0.4 is 0 Å². The van der Waals surface area contributed by atoms with Gasteiger partial charge in [-0.1, -0.05) is 13.0 Å². The van der Waals surface area contributed by atoms with Crippen molar-refractivity contribution >= 4 is 0 Å². The molecule has 1 saturated carbocycles. The summed E-state index contributed by atoms with van der Waals surface area (Å²) in [5.74, 6) is 0.479. The molecule has 0 aromatic heterocycles. The molecule has 1 rings (SSSR count). The van der Waals surface area contributed by atoms with Gasteiger partial charge in [0.15, 0.2) is 0 Å². The van der Waals surface area contributed by atoms with Crippen molar-refractivity contribution in [3.05, 3.63) is 12.7 Å². The molecule has 0 bridgehead atoms. The molecule has 0 radical (unpaired) electrons. The van der Waals surface area contributed by atoms with Gasteiger partial charge in [-0.05, 0) is 32.1 Å². The molecule has 0 unspecified atom stereocenters. The van der Waals surface area contributed by atoms with Gasteiger partial charge in [0.05, 0.1) is 12.2 Å². The maximum Gasteiger partial charge on any atom is 0.0731 e. The Morgan fingerprint density at radius 1 is 1.46 bits per heavy atom. The average molecular weight is 184 g/mol. The first-order valence-electron chi connectivity index (χ1n) is 4.92. The van der Waals surface area contributed by atoms with Gasteiger partial charge < -0.3 is 10.2 Å². The lowest BCUT2D eigenvalue weighted by atomic mass is 9.69. The number of aliphatic hydroxyl groups is 2. The molecule has 0 aromatic carbocycles. The third-order valence-corrected chi connectivity index (χ3v) is 3.58. The van der Waals surface area contributed by atoms with Gasteiger partial charge >= 0.3 is 0 Å². The number of hydrogen-bond donors (Lipinski definition) is 2. The molecule has 1 aliphatic carbocycles. The van der Waals surface area contributed by atoms with Crippen LogP contribution in [0.2, 0.25) is 0 Å².